The van der Waals surface area contributed by atoms with E-state index in [1.54, 1.807) is 26.2 Å². The fourth-order valence-corrected chi connectivity index (χ4v) is 5.23. The molecular formula is C25H37NO7. The van der Waals surface area contributed by atoms with Gasteiger partial charge >= 0.3 is 5.97 Å². The van der Waals surface area contributed by atoms with Crippen LogP contribution in [0.1, 0.15) is 62.8 Å². The molecule has 1 N–H and O–H groups in total. The van der Waals surface area contributed by atoms with Gasteiger partial charge in [0, 0.05) is 6.54 Å². The molecule has 1 aromatic carbocycles. The maximum absolute atomic E-state index is 14.1. The fraction of sp³-hybridized carbons (Fsp3) is 0.680. The molecule has 2 fully saturated rings. The third-order valence-electron chi connectivity index (χ3n) is 6.83. The Morgan fingerprint density at radius 1 is 0.970 bits per heavy atom. The Morgan fingerprint density at radius 3 is 2.18 bits per heavy atom. The molecule has 1 aliphatic carbocycles. The van der Waals surface area contributed by atoms with Crippen molar-refractivity contribution in [1.29, 1.82) is 0 Å². The zero-order valence-electron chi connectivity index (χ0n) is 20.0. The maximum Gasteiger partial charge on any atom is 0.328 e. The summed E-state index contributed by atoms with van der Waals surface area (Å²) in [6.45, 7) is 0.226. The van der Waals surface area contributed by atoms with E-state index in [-0.39, 0.29) is 25.0 Å². The van der Waals surface area contributed by atoms with Crippen molar-refractivity contribution in [1.82, 2.24) is 4.90 Å². The summed E-state index contributed by atoms with van der Waals surface area (Å²) in [7, 11) is 4.69. The highest BCUT2D eigenvalue weighted by atomic mass is 16.5. The van der Waals surface area contributed by atoms with E-state index in [1.807, 2.05) is 12.1 Å². The molecule has 33 heavy (non-hydrogen) atoms. The van der Waals surface area contributed by atoms with Crippen LogP contribution in [0.2, 0.25) is 0 Å². The summed E-state index contributed by atoms with van der Waals surface area (Å²) in [5.41, 5.74) is 0.814. The van der Waals surface area contributed by atoms with Gasteiger partial charge in [0.2, 0.25) is 11.7 Å². The lowest BCUT2D eigenvalue weighted by Gasteiger charge is -2.39. The van der Waals surface area contributed by atoms with E-state index >= 15 is 0 Å². The molecule has 0 radical (unpaired) electrons. The van der Waals surface area contributed by atoms with Crippen molar-refractivity contribution in [2.45, 2.75) is 63.3 Å². The zero-order valence-corrected chi connectivity index (χ0v) is 20.0. The quantitative estimate of drug-likeness (QED) is 0.562. The molecule has 1 amide bonds. The number of nitrogens with zero attached hydrogens (tertiary/aromatic N) is 1. The number of aliphatic hydroxyl groups is 1. The Morgan fingerprint density at radius 2 is 1.61 bits per heavy atom. The molecule has 1 aromatic rings. The monoisotopic (exact) mass is 463 g/mol. The molecular weight excluding hydrogens is 426 g/mol. The summed E-state index contributed by atoms with van der Waals surface area (Å²) >= 11 is 0. The number of piperidine rings is 1. The number of methoxy groups -OCH3 is 3. The molecule has 8 nitrogen and oxygen atoms in total. The van der Waals surface area contributed by atoms with Crippen LogP contribution >= 0.6 is 0 Å². The van der Waals surface area contributed by atoms with Crippen LogP contribution in [0.5, 0.6) is 17.2 Å². The van der Waals surface area contributed by atoms with Crippen LogP contribution in [-0.4, -0.2) is 69.0 Å². The second-order valence-electron chi connectivity index (χ2n) is 8.77. The summed E-state index contributed by atoms with van der Waals surface area (Å²) in [5, 5.41) is 9.05. The third kappa shape index (κ3) is 5.72. The highest BCUT2D eigenvalue weighted by Crippen LogP contribution is 2.45. The van der Waals surface area contributed by atoms with Crippen molar-refractivity contribution >= 4 is 11.9 Å². The van der Waals surface area contributed by atoms with E-state index in [2.05, 4.69) is 0 Å². The number of hydrogen-bond donors (Lipinski definition) is 1. The van der Waals surface area contributed by atoms with Crippen LogP contribution < -0.4 is 14.2 Å². The second kappa shape index (κ2) is 12.1. The molecule has 8 heteroatoms. The Labute approximate surface area is 196 Å². The van der Waals surface area contributed by atoms with Crippen molar-refractivity contribution < 1.29 is 33.6 Å². The van der Waals surface area contributed by atoms with Gasteiger partial charge in [-0.2, -0.15) is 0 Å². The Hall–Kier alpha value is -2.48. The molecule has 1 heterocycles. The molecule has 1 saturated heterocycles. The number of rotatable bonds is 9. The minimum atomic E-state index is -0.620. The fourth-order valence-electron chi connectivity index (χ4n) is 5.23. The number of ether oxygens (including phenoxy) is 4. The van der Waals surface area contributed by atoms with Gasteiger partial charge in [0.05, 0.1) is 33.9 Å². The summed E-state index contributed by atoms with van der Waals surface area (Å²) in [6.07, 6.45) is 7.54. The first-order valence-corrected chi connectivity index (χ1v) is 11.9. The van der Waals surface area contributed by atoms with Crippen LogP contribution in [0.3, 0.4) is 0 Å². The number of aliphatic hydroxyl groups excluding tert-OH is 1. The van der Waals surface area contributed by atoms with Gasteiger partial charge in [-0.15, -0.1) is 0 Å². The van der Waals surface area contributed by atoms with Crippen LogP contribution in [0.4, 0.5) is 0 Å². The van der Waals surface area contributed by atoms with E-state index in [4.69, 9.17) is 24.1 Å². The number of hydrogen-bond acceptors (Lipinski definition) is 7. The van der Waals surface area contributed by atoms with Crippen LogP contribution in [0.15, 0.2) is 12.1 Å². The van der Waals surface area contributed by atoms with Gasteiger partial charge in [-0.25, -0.2) is 4.79 Å². The molecule has 1 unspecified atom stereocenters. The van der Waals surface area contributed by atoms with Crippen molar-refractivity contribution in [2.24, 2.45) is 5.92 Å². The summed E-state index contributed by atoms with van der Waals surface area (Å²) in [4.78, 5) is 28.5. The van der Waals surface area contributed by atoms with E-state index in [9.17, 15) is 9.59 Å². The van der Waals surface area contributed by atoms with Crippen molar-refractivity contribution in [3.63, 3.8) is 0 Å². The topological polar surface area (TPSA) is 94.5 Å². The predicted molar refractivity (Wildman–Crippen MR) is 123 cm³/mol. The normalized spacial score (nSPS) is 20.1. The number of benzene rings is 1. The van der Waals surface area contributed by atoms with E-state index in [0.717, 1.165) is 44.1 Å². The van der Waals surface area contributed by atoms with E-state index < -0.39 is 17.9 Å². The van der Waals surface area contributed by atoms with Gasteiger partial charge in [0.25, 0.3) is 0 Å². The van der Waals surface area contributed by atoms with E-state index in [1.165, 1.54) is 6.42 Å². The van der Waals surface area contributed by atoms with Crippen LogP contribution in [0, 0.1) is 5.92 Å². The number of likely N-dealkylation sites (tertiary alicyclic amines) is 1. The summed E-state index contributed by atoms with van der Waals surface area (Å²) in [5.74, 6) is 0.777. The highest BCUT2D eigenvalue weighted by Gasteiger charge is 2.40. The first kappa shape index (κ1) is 25.1. The first-order chi connectivity index (χ1) is 16.0. The van der Waals surface area contributed by atoms with Gasteiger partial charge in [-0.05, 0) is 55.7 Å². The van der Waals surface area contributed by atoms with Crippen molar-refractivity contribution in [2.75, 3.05) is 41.1 Å². The molecule has 0 aromatic heterocycles. The summed E-state index contributed by atoms with van der Waals surface area (Å²) in [6, 6.07) is 3.11. The predicted octanol–water partition coefficient (Wildman–Crippen LogP) is 3.29. The number of carbonyl (C=O) groups is 2. The minimum Gasteiger partial charge on any atom is -0.493 e. The third-order valence-corrected chi connectivity index (χ3v) is 6.83. The lowest BCUT2D eigenvalue weighted by atomic mass is 9.75. The average molecular weight is 464 g/mol. The second-order valence-corrected chi connectivity index (χ2v) is 8.77. The van der Waals surface area contributed by atoms with Gasteiger partial charge in [-0.3, -0.25) is 4.79 Å². The average Bonchev–Trinajstić information content (AvgIpc) is 2.87. The SMILES string of the molecule is COc1cc(C(C(=O)N2CCCC[C@H]2C(=O)OCCO)C2CCCCC2)cc(OC)c1OC. The largest absolute Gasteiger partial charge is 0.493 e. The molecule has 2 atom stereocenters. The van der Waals surface area contributed by atoms with Gasteiger partial charge < -0.3 is 29.0 Å². The maximum atomic E-state index is 14.1. The van der Waals surface area contributed by atoms with Crippen LogP contribution in [-0.2, 0) is 14.3 Å². The lowest BCUT2D eigenvalue weighted by Crippen LogP contribution is -2.51. The lowest BCUT2D eigenvalue weighted by molar-refractivity contribution is -0.158. The van der Waals surface area contributed by atoms with Crippen molar-refractivity contribution in [3.8, 4) is 17.2 Å². The number of esters is 1. The smallest absolute Gasteiger partial charge is 0.328 e. The molecule has 2 aliphatic rings. The molecule has 184 valence electrons. The van der Waals surface area contributed by atoms with Gasteiger partial charge in [-0.1, -0.05) is 19.3 Å². The van der Waals surface area contributed by atoms with Gasteiger partial charge in [0.1, 0.15) is 12.6 Å². The van der Waals surface area contributed by atoms with Crippen LogP contribution in [0.25, 0.3) is 0 Å². The number of carbonyl (C=O) groups excluding carboxylic acids is 2. The number of amides is 1. The molecule has 3 rings (SSSR count). The van der Waals surface area contributed by atoms with Crippen molar-refractivity contribution in [3.05, 3.63) is 17.7 Å². The summed E-state index contributed by atoms with van der Waals surface area (Å²) < 4.78 is 21.8. The molecule has 1 saturated carbocycles. The zero-order chi connectivity index (χ0) is 23.8. The minimum absolute atomic E-state index is 0.0539. The molecule has 0 bridgehead atoms. The highest BCUT2D eigenvalue weighted by molar-refractivity contribution is 5.89. The standard InChI is InChI=1S/C25H37NO7/c1-30-20-15-18(16-21(31-2)23(20)32-3)22(17-9-5-4-6-10-17)24(28)26-12-8-7-11-19(26)25(29)33-14-13-27/h15-17,19,22,27H,4-14H2,1-3H3/t19-,22?/m0/s1. The molecule has 1 aliphatic heterocycles. The first-order valence-electron chi connectivity index (χ1n) is 11.9. The molecule has 0 spiro atoms. The van der Waals surface area contributed by atoms with E-state index in [0.29, 0.717) is 30.2 Å². The van der Waals surface area contributed by atoms with Gasteiger partial charge in [0.15, 0.2) is 11.5 Å². The Kier molecular flexibility index (Phi) is 9.23. The Balaban J connectivity index is 2.00. The Bertz CT molecular complexity index is 781.